The summed E-state index contributed by atoms with van der Waals surface area (Å²) < 4.78 is 20.2. The van der Waals surface area contributed by atoms with Crippen LogP contribution in [-0.4, -0.2) is 27.2 Å². The van der Waals surface area contributed by atoms with Crippen molar-refractivity contribution in [1.29, 1.82) is 0 Å². The number of aromatic nitrogens is 2. The lowest BCUT2D eigenvalue weighted by Crippen LogP contribution is -2.36. The molecule has 4 aromatic rings. The van der Waals surface area contributed by atoms with Crippen LogP contribution in [0.1, 0.15) is 25.7 Å². The van der Waals surface area contributed by atoms with Gasteiger partial charge in [0, 0.05) is 23.9 Å². The summed E-state index contributed by atoms with van der Waals surface area (Å²) in [4.78, 5) is 9.01. The van der Waals surface area contributed by atoms with Gasteiger partial charge in [0.25, 0.3) is 0 Å². The second-order valence-electron chi connectivity index (χ2n) is 7.74. The minimum Gasteiger partial charge on any atom is -0.457 e. The van der Waals surface area contributed by atoms with Crippen LogP contribution >= 0.6 is 11.3 Å². The summed E-state index contributed by atoms with van der Waals surface area (Å²) in [6, 6.07) is 15.7. The number of rotatable bonds is 5. The summed E-state index contributed by atoms with van der Waals surface area (Å²) in [6.45, 7) is 0. The summed E-state index contributed by atoms with van der Waals surface area (Å²) in [7, 11) is 0. The predicted molar refractivity (Wildman–Crippen MR) is 121 cm³/mol. The van der Waals surface area contributed by atoms with Gasteiger partial charge in [-0.05, 0) is 55.3 Å². The highest BCUT2D eigenvalue weighted by molar-refractivity contribution is 7.22. The van der Waals surface area contributed by atoms with E-state index in [4.69, 9.17) is 4.74 Å². The number of hydrogen-bond acceptors (Lipinski definition) is 6. The molecule has 2 aromatic carbocycles. The molecule has 0 radical (unpaired) electrons. The highest BCUT2D eigenvalue weighted by atomic mass is 32.1. The second-order valence-corrected chi connectivity index (χ2v) is 8.77. The maximum absolute atomic E-state index is 13.2. The van der Waals surface area contributed by atoms with Crippen molar-refractivity contribution >= 4 is 26.7 Å². The smallest absolute Gasteiger partial charge is 0.184 e. The van der Waals surface area contributed by atoms with Gasteiger partial charge >= 0.3 is 0 Å². The van der Waals surface area contributed by atoms with Gasteiger partial charge in [-0.3, -0.25) is 4.98 Å². The van der Waals surface area contributed by atoms with E-state index >= 15 is 0 Å². The Balaban J connectivity index is 1.34. The standard InChI is InChI=1S/C24H22FN3O2S/c25-16-7-5-15(6-8-16)21-13-18(11-12-26-21)30-17-9-10-20-23(14-17)31-24(28-20)27-19-3-1-2-4-22(19)29/h5-14,19,22,29H,1-4H2,(H,27,28)/t19-,22-/m1/s1. The predicted octanol–water partition coefficient (Wildman–Crippen LogP) is 6.01. The first-order valence-corrected chi connectivity index (χ1v) is 11.2. The fraction of sp³-hybridized carbons (Fsp3) is 0.250. The molecule has 2 aromatic heterocycles. The van der Waals surface area contributed by atoms with E-state index in [1.807, 2.05) is 24.3 Å². The largest absolute Gasteiger partial charge is 0.457 e. The fourth-order valence-corrected chi connectivity index (χ4v) is 4.81. The number of hydrogen-bond donors (Lipinski definition) is 2. The first-order valence-electron chi connectivity index (χ1n) is 10.4. The Morgan fingerprint density at radius 3 is 2.65 bits per heavy atom. The lowest BCUT2D eigenvalue weighted by molar-refractivity contribution is 0.116. The molecule has 0 spiro atoms. The molecule has 0 unspecified atom stereocenters. The Kier molecular flexibility index (Phi) is 5.53. The molecule has 0 amide bonds. The lowest BCUT2D eigenvalue weighted by Gasteiger charge is -2.27. The quantitative estimate of drug-likeness (QED) is 0.402. The zero-order valence-corrected chi connectivity index (χ0v) is 17.6. The Labute approximate surface area is 183 Å². The molecule has 1 aliphatic rings. The molecule has 0 saturated heterocycles. The monoisotopic (exact) mass is 435 g/mol. The van der Waals surface area contributed by atoms with Crippen molar-refractivity contribution in [2.24, 2.45) is 0 Å². The van der Waals surface area contributed by atoms with Crippen LogP contribution in [0.2, 0.25) is 0 Å². The van der Waals surface area contributed by atoms with Crippen molar-refractivity contribution in [1.82, 2.24) is 9.97 Å². The zero-order valence-electron chi connectivity index (χ0n) is 16.8. The van der Waals surface area contributed by atoms with Crippen molar-refractivity contribution in [2.45, 2.75) is 37.8 Å². The highest BCUT2D eigenvalue weighted by Gasteiger charge is 2.23. The van der Waals surface area contributed by atoms with Gasteiger partial charge in [-0.1, -0.05) is 24.2 Å². The van der Waals surface area contributed by atoms with Crippen LogP contribution in [0.3, 0.4) is 0 Å². The zero-order chi connectivity index (χ0) is 21.2. The molecule has 158 valence electrons. The maximum Gasteiger partial charge on any atom is 0.184 e. The van der Waals surface area contributed by atoms with Crippen LogP contribution < -0.4 is 10.1 Å². The Morgan fingerprint density at radius 1 is 1.00 bits per heavy atom. The molecule has 5 nitrogen and oxygen atoms in total. The third-order valence-electron chi connectivity index (χ3n) is 5.51. The molecule has 31 heavy (non-hydrogen) atoms. The van der Waals surface area contributed by atoms with Gasteiger partial charge in [0.15, 0.2) is 5.13 Å². The van der Waals surface area contributed by atoms with Crippen molar-refractivity contribution in [3.8, 4) is 22.8 Å². The van der Waals surface area contributed by atoms with Crippen molar-refractivity contribution in [2.75, 3.05) is 5.32 Å². The maximum atomic E-state index is 13.2. The summed E-state index contributed by atoms with van der Waals surface area (Å²) in [5.41, 5.74) is 2.44. The third kappa shape index (κ3) is 4.52. The number of pyridine rings is 1. The molecule has 1 aliphatic carbocycles. The number of fused-ring (bicyclic) bond motifs is 1. The van der Waals surface area contributed by atoms with E-state index < -0.39 is 0 Å². The van der Waals surface area contributed by atoms with Crippen molar-refractivity contribution < 1.29 is 14.2 Å². The number of ether oxygens (including phenoxy) is 1. The topological polar surface area (TPSA) is 67.3 Å². The van der Waals surface area contributed by atoms with Gasteiger partial charge in [-0.2, -0.15) is 0 Å². The lowest BCUT2D eigenvalue weighted by atomic mass is 9.93. The Hall–Kier alpha value is -3.03. The van der Waals surface area contributed by atoms with E-state index in [1.54, 1.807) is 35.7 Å². The number of aliphatic hydroxyl groups is 1. The minimum atomic E-state index is -0.318. The molecule has 1 fully saturated rings. The van der Waals surface area contributed by atoms with E-state index in [0.29, 0.717) is 17.2 Å². The molecule has 2 N–H and O–H groups in total. The number of nitrogens with zero attached hydrogens (tertiary/aromatic N) is 2. The molecular formula is C24H22FN3O2S. The highest BCUT2D eigenvalue weighted by Crippen LogP contribution is 2.33. The van der Waals surface area contributed by atoms with Crippen LogP contribution in [0.5, 0.6) is 11.5 Å². The van der Waals surface area contributed by atoms with Gasteiger partial charge in [0.1, 0.15) is 17.3 Å². The first-order chi connectivity index (χ1) is 15.1. The summed E-state index contributed by atoms with van der Waals surface area (Å²) in [5, 5.41) is 14.4. The van der Waals surface area contributed by atoms with Crippen molar-refractivity contribution in [3.05, 3.63) is 66.6 Å². The molecule has 5 rings (SSSR count). The van der Waals surface area contributed by atoms with Gasteiger partial charge in [0.2, 0.25) is 0 Å². The van der Waals surface area contributed by atoms with Crippen LogP contribution in [0.15, 0.2) is 60.8 Å². The fourth-order valence-electron chi connectivity index (χ4n) is 3.86. The van der Waals surface area contributed by atoms with Crippen molar-refractivity contribution in [3.63, 3.8) is 0 Å². The molecular weight excluding hydrogens is 413 g/mol. The Bertz CT molecular complexity index is 1200. The summed E-state index contributed by atoms with van der Waals surface area (Å²) in [6.07, 6.45) is 5.37. The third-order valence-corrected chi connectivity index (χ3v) is 6.45. The van der Waals surface area contributed by atoms with E-state index in [-0.39, 0.29) is 18.0 Å². The van der Waals surface area contributed by atoms with E-state index in [2.05, 4.69) is 15.3 Å². The SMILES string of the molecule is O[C@@H]1CCCC[C@H]1Nc1nc2ccc(Oc3ccnc(-c4ccc(F)cc4)c3)cc2s1. The molecule has 2 atom stereocenters. The molecule has 2 heterocycles. The second kappa shape index (κ2) is 8.61. The number of benzene rings is 2. The molecule has 0 aliphatic heterocycles. The van der Waals surface area contributed by atoms with Crippen LogP contribution in [0, 0.1) is 5.82 Å². The average Bonchev–Trinajstić information content (AvgIpc) is 3.18. The number of aliphatic hydroxyl groups excluding tert-OH is 1. The summed E-state index contributed by atoms with van der Waals surface area (Å²) in [5.74, 6) is 1.08. The van der Waals surface area contributed by atoms with E-state index in [9.17, 15) is 9.50 Å². The van der Waals surface area contributed by atoms with Crippen LogP contribution in [-0.2, 0) is 0 Å². The van der Waals surface area contributed by atoms with Gasteiger partial charge in [-0.25, -0.2) is 9.37 Å². The molecule has 0 bridgehead atoms. The van der Waals surface area contributed by atoms with E-state index in [1.165, 1.54) is 12.1 Å². The number of anilines is 1. The summed E-state index contributed by atoms with van der Waals surface area (Å²) >= 11 is 1.56. The normalized spacial score (nSPS) is 18.8. The molecule has 1 saturated carbocycles. The van der Waals surface area contributed by atoms with Gasteiger partial charge in [-0.15, -0.1) is 0 Å². The average molecular weight is 436 g/mol. The van der Waals surface area contributed by atoms with Crippen LogP contribution in [0.25, 0.3) is 21.5 Å². The molecule has 7 heteroatoms. The van der Waals surface area contributed by atoms with Gasteiger partial charge < -0.3 is 15.2 Å². The van der Waals surface area contributed by atoms with E-state index in [0.717, 1.165) is 46.6 Å². The minimum absolute atomic E-state index is 0.0618. The number of thiazole rings is 1. The number of halogens is 1. The first kappa shape index (κ1) is 19.9. The van der Waals surface area contributed by atoms with Crippen LogP contribution in [0.4, 0.5) is 9.52 Å². The van der Waals surface area contributed by atoms with Gasteiger partial charge in [0.05, 0.1) is 28.1 Å². The Morgan fingerprint density at radius 2 is 1.81 bits per heavy atom. The number of nitrogens with one attached hydrogen (secondary N) is 1.